The quantitative estimate of drug-likeness (QED) is 0.394. The molecule has 0 amide bonds. The summed E-state index contributed by atoms with van der Waals surface area (Å²) in [7, 11) is 3.26. The number of nitrogens with one attached hydrogen (secondary N) is 2. The van der Waals surface area contributed by atoms with Crippen LogP contribution >= 0.6 is 0 Å². The summed E-state index contributed by atoms with van der Waals surface area (Å²) >= 11 is 0. The third-order valence-electron chi connectivity index (χ3n) is 2.26. The van der Waals surface area contributed by atoms with Crippen LogP contribution in [0.1, 0.15) is 0 Å². The molecule has 0 fully saturated rings. The van der Waals surface area contributed by atoms with Gasteiger partial charge in [0.25, 0.3) is 5.69 Å². The van der Waals surface area contributed by atoms with Crippen LogP contribution in [-0.2, 0) is 9.47 Å². The Morgan fingerprint density at radius 3 is 2.68 bits per heavy atom. The summed E-state index contributed by atoms with van der Waals surface area (Å²) in [6.45, 7) is 2.05. The smallest absolute Gasteiger partial charge is 0.276 e. The van der Waals surface area contributed by atoms with Crippen molar-refractivity contribution in [2.45, 2.75) is 0 Å². The highest BCUT2D eigenvalue weighted by Gasteiger charge is 2.10. The number of anilines is 2. The molecule has 19 heavy (non-hydrogen) atoms. The zero-order chi connectivity index (χ0) is 14.1. The van der Waals surface area contributed by atoms with Gasteiger partial charge >= 0.3 is 0 Å². The van der Waals surface area contributed by atoms with Gasteiger partial charge in [-0.1, -0.05) is 0 Å². The van der Waals surface area contributed by atoms with Crippen molar-refractivity contribution in [3.63, 3.8) is 0 Å². The Kier molecular flexibility index (Phi) is 6.55. The SMILES string of the molecule is CNc1cc([N+](=O)[O-])cc(NCCOCCOC)n1. The van der Waals surface area contributed by atoms with Crippen molar-refractivity contribution in [2.24, 2.45) is 0 Å². The summed E-state index contributed by atoms with van der Waals surface area (Å²) in [5.74, 6) is 0.880. The molecule has 1 rings (SSSR count). The molecule has 0 unspecified atom stereocenters. The minimum atomic E-state index is -0.456. The van der Waals surface area contributed by atoms with Crippen LogP contribution in [0.2, 0.25) is 0 Å². The highest BCUT2D eigenvalue weighted by atomic mass is 16.6. The van der Waals surface area contributed by atoms with Crippen LogP contribution in [-0.4, -0.2) is 50.4 Å². The van der Waals surface area contributed by atoms with Crippen LogP contribution in [0.5, 0.6) is 0 Å². The maximum absolute atomic E-state index is 10.8. The molecule has 8 nitrogen and oxygen atoms in total. The standard InChI is InChI=1S/C11H18N4O4/c1-12-10-7-9(15(16)17)8-11(14-10)13-3-4-19-6-5-18-2/h7-8H,3-6H2,1-2H3,(H2,12,13,14). The molecule has 1 heterocycles. The Bertz CT molecular complexity index is 414. The Balaban J connectivity index is 2.48. The maximum atomic E-state index is 10.8. The predicted octanol–water partition coefficient (Wildman–Crippen LogP) is 1.11. The van der Waals surface area contributed by atoms with Gasteiger partial charge in [0.05, 0.1) is 36.9 Å². The Hall–Kier alpha value is -1.93. The summed E-state index contributed by atoms with van der Waals surface area (Å²) in [5.41, 5.74) is -0.0119. The minimum Gasteiger partial charge on any atom is -0.382 e. The van der Waals surface area contributed by atoms with E-state index in [0.29, 0.717) is 38.0 Å². The first-order valence-corrected chi connectivity index (χ1v) is 5.82. The summed E-state index contributed by atoms with van der Waals surface area (Å²) in [4.78, 5) is 14.5. The molecule has 0 saturated heterocycles. The number of hydrogen-bond acceptors (Lipinski definition) is 7. The van der Waals surface area contributed by atoms with Crippen LogP contribution in [0, 0.1) is 10.1 Å². The fraction of sp³-hybridized carbons (Fsp3) is 0.545. The van der Waals surface area contributed by atoms with E-state index in [1.807, 2.05) is 0 Å². The van der Waals surface area contributed by atoms with Crippen LogP contribution in [0.25, 0.3) is 0 Å². The Morgan fingerprint density at radius 2 is 2.05 bits per heavy atom. The molecule has 0 aliphatic carbocycles. The minimum absolute atomic E-state index is 0.0119. The summed E-state index contributed by atoms with van der Waals surface area (Å²) in [5, 5.41) is 16.5. The van der Waals surface area contributed by atoms with Gasteiger partial charge < -0.3 is 20.1 Å². The number of nitro groups is 1. The highest BCUT2D eigenvalue weighted by Crippen LogP contribution is 2.19. The zero-order valence-electron chi connectivity index (χ0n) is 11.0. The predicted molar refractivity (Wildman–Crippen MR) is 71.6 cm³/mol. The molecule has 0 radical (unpaired) electrons. The number of methoxy groups -OCH3 is 1. The highest BCUT2D eigenvalue weighted by molar-refractivity contribution is 5.54. The molecule has 0 saturated carbocycles. The first-order chi connectivity index (χ1) is 9.17. The molecule has 1 aromatic rings. The molecule has 0 atom stereocenters. The number of nitrogens with zero attached hydrogens (tertiary/aromatic N) is 2. The Labute approximate surface area is 111 Å². The number of hydrogen-bond donors (Lipinski definition) is 2. The van der Waals surface area contributed by atoms with E-state index in [9.17, 15) is 10.1 Å². The second-order valence-electron chi connectivity index (χ2n) is 3.63. The van der Waals surface area contributed by atoms with Gasteiger partial charge in [-0.3, -0.25) is 10.1 Å². The number of rotatable bonds is 9. The van der Waals surface area contributed by atoms with Gasteiger partial charge in [-0.15, -0.1) is 0 Å². The molecular formula is C11H18N4O4. The lowest BCUT2D eigenvalue weighted by atomic mass is 10.3. The van der Waals surface area contributed by atoms with Crippen LogP contribution < -0.4 is 10.6 Å². The van der Waals surface area contributed by atoms with Crippen LogP contribution in [0.4, 0.5) is 17.3 Å². The lowest BCUT2D eigenvalue weighted by molar-refractivity contribution is -0.384. The maximum Gasteiger partial charge on any atom is 0.276 e. The zero-order valence-corrected chi connectivity index (χ0v) is 11.0. The Morgan fingerprint density at radius 1 is 1.32 bits per heavy atom. The summed E-state index contributed by atoms with van der Waals surface area (Å²) < 4.78 is 10.1. The molecule has 0 aliphatic rings. The third-order valence-corrected chi connectivity index (χ3v) is 2.26. The molecule has 1 aromatic heterocycles. The van der Waals surface area contributed by atoms with Crippen molar-refractivity contribution in [1.29, 1.82) is 0 Å². The first kappa shape index (κ1) is 15.1. The van der Waals surface area contributed by atoms with Gasteiger partial charge in [-0.25, -0.2) is 4.98 Å². The molecule has 0 spiro atoms. The van der Waals surface area contributed by atoms with E-state index in [-0.39, 0.29) is 5.69 Å². The largest absolute Gasteiger partial charge is 0.382 e. The fourth-order valence-electron chi connectivity index (χ4n) is 1.34. The van der Waals surface area contributed by atoms with Crippen molar-refractivity contribution in [3.05, 3.63) is 22.2 Å². The topological polar surface area (TPSA) is 98.6 Å². The average Bonchev–Trinajstić information content (AvgIpc) is 2.42. The average molecular weight is 270 g/mol. The summed E-state index contributed by atoms with van der Waals surface area (Å²) in [6, 6.07) is 2.76. The molecule has 8 heteroatoms. The number of pyridine rings is 1. The van der Waals surface area contributed by atoms with Crippen molar-refractivity contribution in [2.75, 3.05) is 51.2 Å². The summed E-state index contributed by atoms with van der Waals surface area (Å²) in [6.07, 6.45) is 0. The monoisotopic (exact) mass is 270 g/mol. The van der Waals surface area contributed by atoms with Crippen LogP contribution in [0.15, 0.2) is 12.1 Å². The van der Waals surface area contributed by atoms with E-state index >= 15 is 0 Å². The lowest BCUT2D eigenvalue weighted by Gasteiger charge is -2.08. The van der Waals surface area contributed by atoms with E-state index < -0.39 is 4.92 Å². The molecular weight excluding hydrogens is 252 g/mol. The van der Waals surface area contributed by atoms with Crippen molar-refractivity contribution < 1.29 is 14.4 Å². The first-order valence-electron chi connectivity index (χ1n) is 5.82. The molecule has 106 valence electrons. The van der Waals surface area contributed by atoms with Gasteiger partial charge in [0.2, 0.25) is 0 Å². The molecule has 0 bridgehead atoms. The molecule has 0 aromatic carbocycles. The van der Waals surface area contributed by atoms with Crippen molar-refractivity contribution in [1.82, 2.24) is 4.98 Å². The third kappa shape index (κ3) is 5.49. The fourth-order valence-corrected chi connectivity index (χ4v) is 1.34. The number of aromatic nitrogens is 1. The van der Waals surface area contributed by atoms with Gasteiger partial charge in [-0.05, 0) is 0 Å². The molecule has 2 N–H and O–H groups in total. The van der Waals surface area contributed by atoms with E-state index in [0.717, 1.165) is 0 Å². The van der Waals surface area contributed by atoms with Gasteiger partial charge in [0.1, 0.15) is 11.6 Å². The van der Waals surface area contributed by atoms with E-state index in [4.69, 9.17) is 9.47 Å². The van der Waals surface area contributed by atoms with E-state index in [1.165, 1.54) is 12.1 Å². The van der Waals surface area contributed by atoms with Gasteiger partial charge in [-0.2, -0.15) is 0 Å². The van der Waals surface area contributed by atoms with E-state index in [2.05, 4.69) is 15.6 Å². The second kappa shape index (κ2) is 8.22. The lowest BCUT2D eigenvalue weighted by Crippen LogP contribution is -2.13. The second-order valence-corrected chi connectivity index (χ2v) is 3.63. The van der Waals surface area contributed by atoms with Crippen LogP contribution in [0.3, 0.4) is 0 Å². The molecule has 0 aliphatic heterocycles. The number of ether oxygens (including phenoxy) is 2. The van der Waals surface area contributed by atoms with Crippen molar-refractivity contribution >= 4 is 17.3 Å². The normalized spacial score (nSPS) is 10.2. The van der Waals surface area contributed by atoms with E-state index in [1.54, 1.807) is 14.2 Å². The van der Waals surface area contributed by atoms with Crippen molar-refractivity contribution in [3.8, 4) is 0 Å². The van der Waals surface area contributed by atoms with Gasteiger partial charge in [0.15, 0.2) is 0 Å². The van der Waals surface area contributed by atoms with Gasteiger partial charge in [0, 0.05) is 20.7 Å².